The molecule has 0 heterocycles. The fourth-order valence-electron chi connectivity index (χ4n) is 1.01. The molecule has 0 aliphatic rings. The molecule has 0 aliphatic carbocycles. The summed E-state index contributed by atoms with van der Waals surface area (Å²) in [4.78, 5) is 11.3. The van der Waals surface area contributed by atoms with E-state index in [1.165, 1.54) is 0 Å². The van der Waals surface area contributed by atoms with Gasteiger partial charge in [0, 0.05) is 24.3 Å². The van der Waals surface area contributed by atoms with Crippen LogP contribution in [0.5, 0.6) is 0 Å². The Balaban J connectivity index is 2.64. The zero-order valence-corrected chi connectivity index (χ0v) is 8.79. The number of hydrogen-bond donors (Lipinski definition) is 2. The molecule has 3 heteroatoms. The van der Waals surface area contributed by atoms with Crippen LogP contribution in [0.4, 0.5) is 11.4 Å². The number of hydrogen-bond acceptors (Lipinski definition) is 2. The molecule has 1 rings (SSSR count). The second kappa shape index (κ2) is 4.65. The van der Waals surface area contributed by atoms with E-state index in [4.69, 9.17) is 0 Å². The second-order valence-corrected chi connectivity index (χ2v) is 3.47. The molecular formula is C11H16N2O. The lowest BCUT2D eigenvalue weighted by Gasteiger charge is -2.08. The Labute approximate surface area is 84.5 Å². The summed E-state index contributed by atoms with van der Waals surface area (Å²) in [5.74, 6) is 0.0567. The predicted molar refractivity (Wildman–Crippen MR) is 59.5 cm³/mol. The molecule has 0 aliphatic heterocycles. The number of carbonyl (C=O) groups is 1. The van der Waals surface area contributed by atoms with Gasteiger partial charge in [-0.25, -0.2) is 0 Å². The van der Waals surface area contributed by atoms with E-state index in [2.05, 4.69) is 10.6 Å². The highest BCUT2D eigenvalue weighted by atomic mass is 16.1. The Kier molecular flexibility index (Phi) is 3.51. The Bertz CT molecular complexity index is 304. The van der Waals surface area contributed by atoms with Crippen molar-refractivity contribution >= 4 is 17.3 Å². The molecule has 0 atom stereocenters. The Morgan fingerprint density at radius 2 is 1.64 bits per heavy atom. The van der Waals surface area contributed by atoms with Gasteiger partial charge in [0.1, 0.15) is 0 Å². The van der Waals surface area contributed by atoms with Gasteiger partial charge < -0.3 is 10.6 Å². The number of carbonyl (C=O) groups excluding carboxylic acids is 1. The van der Waals surface area contributed by atoms with Crippen LogP contribution in [0.3, 0.4) is 0 Å². The van der Waals surface area contributed by atoms with E-state index >= 15 is 0 Å². The van der Waals surface area contributed by atoms with E-state index in [0.29, 0.717) is 0 Å². The zero-order chi connectivity index (χ0) is 10.6. The monoisotopic (exact) mass is 192 g/mol. The fraction of sp³-hybridized carbons (Fsp3) is 0.364. The number of anilines is 2. The number of benzene rings is 1. The molecule has 0 radical (unpaired) electrons. The number of nitrogens with one attached hydrogen (secondary N) is 2. The van der Waals surface area contributed by atoms with Crippen molar-refractivity contribution in [3.05, 3.63) is 24.3 Å². The molecule has 0 bridgehead atoms. The van der Waals surface area contributed by atoms with E-state index in [9.17, 15) is 4.79 Å². The van der Waals surface area contributed by atoms with Gasteiger partial charge in [-0.2, -0.15) is 0 Å². The predicted octanol–water partition coefficient (Wildman–Crippen LogP) is 2.32. The lowest BCUT2D eigenvalue weighted by molar-refractivity contribution is -0.118. The van der Waals surface area contributed by atoms with Crippen LogP contribution in [-0.4, -0.2) is 13.0 Å². The molecule has 0 unspecified atom stereocenters. The van der Waals surface area contributed by atoms with Crippen LogP contribution in [0.1, 0.15) is 13.8 Å². The summed E-state index contributed by atoms with van der Waals surface area (Å²) in [6.45, 7) is 3.74. The van der Waals surface area contributed by atoms with Gasteiger partial charge in [0.25, 0.3) is 0 Å². The van der Waals surface area contributed by atoms with Crippen molar-refractivity contribution in [3.63, 3.8) is 0 Å². The summed E-state index contributed by atoms with van der Waals surface area (Å²) < 4.78 is 0. The van der Waals surface area contributed by atoms with Crippen molar-refractivity contribution in [2.45, 2.75) is 13.8 Å². The van der Waals surface area contributed by atoms with E-state index in [0.717, 1.165) is 11.4 Å². The van der Waals surface area contributed by atoms with Crippen molar-refractivity contribution < 1.29 is 4.79 Å². The second-order valence-electron chi connectivity index (χ2n) is 3.47. The van der Waals surface area contributed by atoms with Crippen molar-refractivity contribution in [2.75, 3.05) is 17.7 Å². The van der Waals surface area contributed by atoms with Crippen LogP contribution < -0.4 is 10.6 Å². The van der Waals surface area contributed by atoms with Crippen LogP contribution in [0.25, 0.3) is 0 Å². The molecule has 76 valence electrons. The highest BCUT2D eigenvalue weighted by molar-refractivity contribution is 5.92. The molecule has 0 aromatic heterocycles. The van der Waals surface area contributed by atoms with Crippen LogP contribution in [0.15, 0.2) is 24.3 Å². The fourth-order valence-corrected chi connectivity index (χ4v) is 1.01. The zero-order valence-electron chi connectivity index (χ0n) is 8.79. The third-order valence-electron chi connectivity index (χ3n) is 1.97. The summed E-state index contributed by atoms with van der Waals surface area (Å²) in [7, 11) is 1.86. The van der Waals surface area contributed by atoms with Crippen LogP contribution in [0, 0.1) is 5.92 Å². The highest BCUT2D eigenvalue weighted by Gasteiger charge is 2.06. The van der Waals surface area contributed by atoms with Gasteiger partial charge in [0.2, 0.25) is 5.91 Å². The first kappa shape index (κ1) is 10.6. The van der Waals surface area contributed by atoms with E-state index in [-0.39, 0.29) is 11.8 Å². The molecule has 0 saturated heterocycles. The Morgan fingerprint density at radius 3 is 2.07 bits per heavy atom. The quantitative estimate of drug-likeness (QED) is 0.771. The van der Waals surface area contributed by atoms with E-state index < -0.39 is 0 Å². The summed E-state index contributed by atoms with van der Waals surface area (Å²) >= 11 is 0. The van der Waals surface area contributed by atoms with Gasteiger partial charge in [0.05, 0.1) is 0 Å². The normalized spacial score (nSPS) is 10.0. The minimum Gasteiger partial charge on any atom is -0.388 e. The molecule has 3 nitrogen and oxygen atoms in total. The van der Waals surface area contributed by atoms with E-state index in [1.807, 2.05) is 45.2 Å². The van der Waals surface area contributed by atoms with Crippen molar-refractivity contribution in [1.29, 1.82) is 0 Å². The lowest BCUT2D eigenvalue weighted by Crippen LogP contribution is -2.17. The van der Waals surface area contributed by atoms with Crippen molar-refractivity contribution in [2.24, 2.45) is 5.92 Å². The van der Waals surface area contributed by atoms with Gasteiger partial charge in [-0.05, 0) is 24.3 Å². The first-order chi connectivity index (χ1) is 6.63. The minimum absolute atomic E-state index is 0.0129. The summed E-state index contributed by atoms with van der Waals surface area (Å²) in [6.07, 6.45) is 0. The third-order valence-corrected chi connectivity index (χ3v) is 1.97. The average molecular weight is 192 g/mol. The van der Waals surface area contributed by atoms with E-state index in [1.54, 1.807) is 0 Å². The largest absolute Gasteiger partial charge is 0.388 e. The summed E-state index contributed by atoms with van der Waals surface area (Å²) in [5.41, 5.74) is 1.87. The van der Waals surface area contributed by atoms with Gasteiger partial charge in [-0.3, -0.25) is 4.79 Å². The Morgan fingerprint density at radius 1 is 1.14 bits per heavy atom. The minimum atomic E-state index is 0.0129. The third kappa shape index (κ3) is 2.76. The molecule has 2 N–H and O–H groups in total. The molecule has 1 amide bonds. The van der Waals surface area contributed by atoms with Gasteiger partial charge in [-0.15, -0.1) is 0 Å². The molecule has 0 fully saturated rings. The smallest absolute Gasteiger partial charge is 0.226 e. The molecule has 1 aromatic carbocycles. The van der Waals surface area contributed by atoms with Gasteiger partial charge in [0.15, 0.2) is 0 Å². The van der Waals surface area contributed by atoms with Crippen molar-refractivity contribution in [3.8, 4) is 0 Å². The maximum atomic E-state index is 11.3. The summed E-state index contributed by atoms with van der Waals surface area (Å²) in [5, 5.41) is 5.84. The molecular weight excluding hydrogens is 176 g/mol. The molecule has 0 spiro atoms. The maximum Gasteiger partial charge on any atom is 0.226 e. The first-order valence-corrected chi connectivity index (χ1v) is 4.72. The molecule has 14 heavy (non-hydrogen) atoms. The highest BCUT2D eigenvalue weighted by Crippen LogP contribution is 2.13. The van der Waals surface area contributed by atoms with Crippen LogP contribution >= 0.6 is 0 Å². The Hall–Kier alpha value is -1.51. The number of rotatable bonds is 3. The van der Waals surface area contributed by atoms with Crippen molar-refractivity contribution in [1.82, 2.24) is 0 Å². The lowest BCUT2D eigenvalue weighted by atomic mass is 10.2. The van der Waals surface area contributed by atoms with Crippen LogP contribution in [0.2, 0.25) is 0 Å². The molecule has 0 saturated carbocycles. The summed E-state index contributed by atoms with van der Waals surface area (Å²) in [6, 6.07) is 7.62. The SMILES string of the molecule is CNc1ccc(NC(=O)C(C)C)cc1. The van der Waals surface area contributed by atoms with Crippen LogP contribution in [-0.2, 0) is 4.79 Å². The standard InChI is InChI=1S/C11H16N2O/c1-8(2)11(14)13-10-6-4-9(12-3)5-7-10/h4-8,12H,1-3H3,(H,13,14). The number of amides is 1. The maximum absolute atomic E-state index is 11.3. The molecule has 1 aromatic rings. The van der Waals surface area contributed by atoms with Gasteiger partial charge in [-0.1, -0.05) is 13.8 Å². The average Bonchev–Trinajstić information content (AvgIpc) is 2.19. The topological polar surface area (TPSA) is 41.1 Å². The first-order valence-electron chi connectivity index (χ1n) is 4.72. The van der Waals surface area contributed by atoms with Gasteiger partial charge >= 0.3 is 0 Å².